The quantitative estimate of drug-likeness (QED) is 0.597. The number of hydrogen-bond donors (Lipinski definition) is 1. The molecule has 0 saturated heterocycles. The van der Waals surface area contributed by atoms with Crippen LogP contribution in [0.15, 0.2) is 71.2 Å². The van der Waals surface area contributed by atoms with Crippen LogP contribution in [0.25, 0.3) is 10.8 Å². The topological polar surface area (TPSA) is 66.5 Å². The smallest absolute Gasteiger partial charge is 0.241 e. The molecule has 1 atom stereocenters. The summed E-state index contributed by atoms with van der Waals surface area (Å²) in [5, 5.41) is 5.11. The molecule has 0 aliphatic rings. The highest BCUT2D eigenvalue weighted by Gasteiger charge is 2.23. The lowest BCUT2D eigenvalue weighted by atomic mass is 10.0. The van der Waals surface area contributed by atoms with Crippen molar-refractivity contribution in [2.24, 2.45) is 0 Å². The summed E-state index contributed by atoms with van der Waals surface area (Å²) >= 11 is 3.35. The van der Waals surface area contributed by atoms with E-state index >= 15 is 0 Å². The summed E-state index contributed by atoms with van der Waals surface area (Å²) < 4.78 is 26.2. The van der Waals surface area contributed by atoms with E-state index in [4.69, 9.17) is 0 Å². The molecule has 1 amide bonds. The molecule has 146 valence electrons. The zero-order valence-corrected chi connectivity index (χ0v) is 18.0. The number of nitrogens with zero attached hydrogens (tertiary/aromatic N) is 1. The van der Waals surface area contributed by atoms with E-state index in [0.717, 1.165) is 26.9 Å². The second kappa shape index (κ2) is 8.32. The summed E-state index contributed by atoms with van der Waals surface area (Å²) in [4.78, 5) is 12.6. The average Bonchev–Trinajstić information content (AvgIpc) is 2.65. The van der Waals surface area contributed by atoms with Crippen molar-refractivity contribution in [1.82, 2.24) is 5.32 Å². The Labute approximate surface area is 173 Å². The highest BCUT2D eigenvalue weighted by atomic mass is 79.9. The van der Waals surface area contributed by atoms with Gasteiger partial charge in [-0.05, 0) is 57.4 Å². The standard InChI is InChI=1S/C21H21BrN2O3S/c1-15(17-12-11-16-7-3-4-8-18(16)13-17)23-21(25)14-24(28(2,26)27)20-10-6-5-9-19(20)22/h3-13,15H,14H2,1-2H3,(H,23,25). The fourth-order valence-electron chi connectivity index (χ4n) is 3.01. The van der Waals surface area contributed by atoms with Crippen LogP contribution in [0.3, 0.4) is 0 Å². The van der Waals surface area contributed by atoms with Crippen molar-refractivity contribution in [1.29, 1.82) is 0 Å². The maximum absolute atomic E-state index is 12.6. The summed E-state index contributed by atoms with van der Waals surface area (Å²) in [6.07, 6.45) is 1.09. The fourth-order valence-corrected chi connectivity index (χ4v) is 4.50. The van der Waals surface area contributed by atoms with Crippen molar-refractivity contribution in [3.05, 3.63) is 76.8 Å². The minimum atomic E-state index is -3.62. The summed E-state index contributed by atoms with van der Waals surface area (Å²) in [5.74, 6) is -0.373. The van der Waals surface area contributed by atoms with Crippen molar-refractivity contribution < 1.29 is 13.2 Å². The van der Waals surface area contributed by atoms with Gasteiger partial charge in [0.15, 0.2) is 0 Å². The molecule has 0 aromatic heterocycles. The molecule has 0 bridgehead atoms. The third-order valence-corrected chi connectivity index (χ3v) is 6.26. The van der Waals surface area contributed by atoms with E-state index in [9.17, 15) is 13.2 Å². The lowest BCUT2D eigenvalue weighted by molar-refractivity contribution is -0.120. The molecule has 0 spiro atoms. The summed E-state index contributed by atoms with van der Waals surface area (Å²) in [6.45, 7) is 1.59. The Morgan fingerprint density at radius 1 is 1.04 bits per heavy atom. The van der Waals surface area contributed by atoms with Gasteiger partial charge in [0, 0.05) is 4.47 Å². The molecule has 5 nitrogen and oxygen atoms in total. The second-order valence-electron chi connectivity index (χ2n) is 6.62. The molecule has 0 saturated carbocycles. The van der Waals surface area contributed by atoms with Crippen LogP contribution in [-0.2, 0) is 14.8 Å². The molecule has 1 N–H and O–H groups in total. The molecule has 0 aliphatic carbocycles. The molecule has 3 rings (SSSR count). The van der Waals surface area contributed by atoms with Crippen LogP contribution in [0.1, 0.15) is 18.5 Å². The monoisotopic (exact) mass is 460 g/mol. The first-order chi connectivity index (χ1) is 13.3. The third kappa shape index (κ3) is 4.72. The van der Waals surface area contributed by atoms with Crippen LogP contribution in [0.2, 0.25) is 0 Å². The Bertz CT molecular complexity index is 1120. The molecule has 0 fully saturated rings. The minimum Gasteiger partial charge on any atom is -0.348 e. The van der Waals surface area contributed by atoms with Crippen LogP contribution in [-0.4, -0.2) is 27.1 Å². The highest BCUT2D eigenvalue weighted by Crippen LogP contribution is 2.27. The first-order valence-corrected chi connectivity index (χ1v) is 11.4. The predicted molar refractivity (Wildman–Crippen MR) is 117 cm³/mol. The van der Waals surface area contributed by atoms with Crippen LogP contribution < -0.4 is 9.62 Å². The average molecular weight is 461 g/mol. The van der Waals surface area contributed by atoms with Crippen LogP contribution in [0.4, 0.5) is 5.69 Å². The van der Waals surface area contributed by atoms with Gasteiger partial charge in [0.05, 0.1) is 18.0 Å². The maximum Gasteiger partial charge on any atom is 0.241 e. The van der Waals surface area contributed by atoms with E-state index < -0.39 is 10.0 Å². The summed E-state index contributed by atoms with van der Waals surface area (Å²) in [5.41, 5.74) is 1.39. The van der Waals surface area contributed by atoms with Crippen molar-refractivity contribution in [2.45, 2.75) is 13.0 Å². The molecule has 0 radical (unpaired) electrons. The molecule has 3 aromatic carbocycles. The van der Waals surface area contributed by atoms with Gasteiger partial charge in [0.1, 0.15) is 6.54 Å². The van der Waals surface area contributed by atoms with Crippen LogP contribution in [0.5, 0.6) is 0 Å². The van der Waals surface area contributed by atoms with E-state index in [1.165, 1.54) is 0 Å². The van der Waals surface area contributed by atoms with Gasteiger partial charge >= 0.3 is 0 Å². The summed E-state index contributed by atoms with van der Waals surface area (Å²) in [6, 6.07) is 20.7. The number of amides is 1. The van der Waals surface area contributed by atoms with Gasteiger partial charge < -0.3 is 5.32 Å². The van der Waals surface area contributed by atoms with Crippen LogP contribution in [0, 0.1) is 0 Å². The number of nitrogens with one attached hydrogen (secondary N) is 1. The molecular weight excluding hydrogens is 440 g/mol. The Hall–Kier alpha value is -2.38. The number of para-hydroxylation sites is 1. The molecule has 0 aliphatic heterocycles. The Balaban J connectivity index is 1.77. The number of carbonyl (C=O) groups is 1. The lowest BCUT2D eigenvalue weighted by Crippen LogP contribution is -2.41. The third-order valence-electron chi connectivity index (χ3n) is 4.46. The Morgan fingerprint density at radius 3 is 2.36 bits per heavy atom. The molecule has 3 aromatic rings. The van der Waals surface area contributed by atoms with Crippen LogP contribution >= 0.6 is 15.9 Å². The zero-order chi connectivity index (χ0) is 20.3. The van der Waals surface area contributed by atoms with Crippen molar-refractivity contribution >= 4 is 48.3 Å². The van der Waals surface area contributed by atoms with Crippen molar-refractivity contribution in [3.8, 4) is 0 Å². The number of carbonyl (C=O) groups excluding carboxylic acids is 1. The minimum absolute atomic E-state index is 0.252. The predicted octanol–water partition coefficient (Wildman–Crippen LogP) is 4.25. The molecule has 28 heavy (non-hydrogen) atoms. The zero-order valence-electron chi connectivity index (χ0n) is 15.6. The lowest BCUT2D eigenvalue weighted by Gasteiger charge is -2.24. The van der Waals surface area contributed by atoms with Crippen molar-refractivity contribution in [3.63, 3.8) is 0 Å². The van der Waals surface area contributed by atoms with Gasteiger partial charge in [0.25, 0.3) is 0 Å². The fraction of sp³-hybridized carbons (Fsp3) is 0.190. The SMILES string of the molecule is CC(NC(=O)CN(c1ccccc1Br)S(C)(=O)=O)c1ccc2ccccc2c1. The number of fused-ring (bicyclic) bond motifs is 1. The van der Waals surface area contributed by atoms with E-state index in [1.807, 2.05) is 49.4 Å². The number of rotatable bonds is 6. The summed E-state index contributed by atoms with van der Waals surface area (Å²) in [7, 11) is -3.62. The first kappa shape index (κ1) is 20.4. The number of sulfonamides is 1. The van der Waals surface area contributed by atoms with E-state index in [0.29, 0.717) is 10.2 Å². The van der Waals surface area contributed by atoms with Gasteiger partial charge in [-0.2, -0.15) is 0 Å². The number of benzene rings is 3. The second-order valence-corrected chi connectivity index (χ2v) is 9.38. The molecule has 1 unspecified atom stereocenters. The number of anilines is 1. The molecular formula is C21H21BrN2O3S. The van der Waals surface area contributed by atoms with E-state index in [-0.39, 0.29) is 18.5 Å². The Morgan fingerprint density at radius 2 is 1.68 bits per heavy atom. The van der Waals surface area contributed by atoms with Gasteiger partial charge in [-0.15, -0.1) is 0 Å². The van der Waals surface area contributed by atoms with Crippen molar-refractivity contribution in [2.75, 3.05) is 17.1 Å². The largest absolute Gasteiger partial charge is 0.348 e. The van der Waals surface area contributed by atoms with Gasteiger partial charge in [0.2, 0.25) is 15.9 Å². The first-order valence-electron chi connectivity index (χ1n) is 8.76. The van der Waals surface area contributed by atoms with Gasteiger partial charge in [-0.3, -0.25) is 9.10 Å². The van der Waals surface area contributed by atoms with Gasteiger partial charge in [-0.25, -0.2) is 8.42 Å². The van der Waals surface area contributed by atoms with E-state index in [2.05, 4.69) is 21.2 Å². The molecule has 0 heterocycles. The van der Waals surface area contributed by atoms with Gasteiger partial charge in [-0.1, -0.05) is 48.5 Å². The van der Waals surface area contributed by atoms with E-state index in [1.54, 1.807) is 24.3 Å². The maximum atomic E-state index is 12.6. The highest BCUT2D eigenvalue weighted by molar-refractivity contribution is 9.10. The normalized spacial score (nSPS) is 12.5. The number of halogens is 1. The number of hydrogen-bond acceptors (Lipinski definition) is 3. The Kier molecular flexibility index (Phi) is 6.05. The molecule has 7 heteroatoms.